The molecule has 0 fully saturated rings. The summed E-state index contributed by atoms with van der Waals surface area (Å²) in [4.78, 5) is 0. The molecule has 16 heavy (non-hydrogen) atoms. The van der Waals surface area contributed by atoms with Crippen molar-refractivity contribution in [1.82, 2.24) is 0 Å². The zero-order valence-corrected chi connectivity index (χ0v) is 9.22. The molecule has 2 unspecified atom stereocenters. The molecular formula is C11H12ClNO3. The fraction of sp³-hybridized carbons (Fsp3) is 0.364. The van der Waals surface area contributed by atoms with Gasteiger partial charge in [0, 0.05) is 11.6 Å². The summed E-state index contributed by atoms with van der Waals surface area (Å²) in [6.07, 6.45) is -2.16. The van der Waals surface area contributed by atoms with E-state index in [9.17, 15) is 10.2 Å². The minimum absolute atomic E-state index is 0.0650. The van der Waals surface area contributed by atoms with Gasteiger partial charge < -0.3 is 15.3 Å². The Hall–Kier alpha value is -1.12. The molecule has 0 amide bonds. The van der Waals surface area contributed by atoms with Crippen LogP contribution in [0.2, 0.25) is 5.02 Å². The summed E-state index contributed by atoms with van der Waals surface area (Å²) in [7, 11) is 0. The number of nitriles is 1. The molecule has 4 nitrogen and oxygen atoms in total. The Labute approximate surface area is 98.3 Å². The van der Waals surface area contributed by atoms with Crippen LogP contribution in [0.5, 0.6) is 0 Å². The Morgan fingerprint density at radius 1 is 1.31 bits per heavy atom. The van der Waals surface area contributed by atoms with Crippen LogP contribution in [0.1, 0.15) is 23.7 Å². The average Bonchev–Trinajstić information content (AvgIpc) is 2.27. The Kier molecular flexibility index (Phi) is 4.71. The number of aliphatic hydroxyl groups excluding tert-OH is 3. The van der Waals surface area contributed by atoms with E-state index in [1.54, 1.807) is 0 Å². The first-order valence-corrected chi connectivity index (χ1v) is 5.14. The molecule has 0 saturated carbocycles. The molecular weight excluding hydrogens is 230 g/mol. The lowest BCUT2D eigenvalue weighted by atomic mass is 10.0. The maximum absolute atomic E-state index is 9.74. The molecule has 0 aliphatic rings. The Morgan fingerprint density at radius 2 is 2.00 bits per heavy atom. The van der Waals surface area contributed by atoms with Gasteiger partial charge in [-0.05, 0) is 30.2 Å². The van der Waals surface area contributed by atoms with Gasteiger partial charge in [-0.2, -0.15) is 5.26 Å². The first-order valence-electron chi connectivity index (χ1n) is 4.76. The Morgan fingerprint density at radius 3 is 2.56 bits per heavy atom. The van der Waals surface area contributed by atoms with E-state index in [4.69, 9.17) is 22.0 Å². The van der Waals surface area contributed by atoms with Crippen molar-refractivity contribution in [3.8, 4) is 6.07 Å². The molecule has 0 spiro atoms. The third kappa shape index (κ3) is 3.19. The number of hydrogen-bond acceptors (Lipinski definition) is 4. The van der Waals surface area contributed by atoms with E-state index in [1.165, 1.54) is 18.2 Å². The van der Waals surface area contributed by atoms with Crippen molar-refractivity contribution < 1.29 is 15.3 Å². The molecule has 0 aromatic heterocycles. The van der Waals surface area contributed by atoms with E-state index in [2.05, 4.69) is 0 Å². The van der Waals surface area contributed by atoms with Crippen LogP contribution in [0.4, 0.5) is 0 Å². The van der Waals surface area contributed by atoms with Gasteiger partial charge in [0.25, 0.3) is 0 Å². The summed E-state index contributed by atoms with van der Waals surface area (Å²) in [6, 6.07) is 6.31. The largest absolute Gasteiger partial charge is 0.396 e. The highest BCUT2D eigenvalue weighted by molar-refractivity contribution is 6.30. The minimum Gasteiger partial charge on any atom is -0.396 e. The van der Waals surface area contributed by atoms with Gasteiger partial charge in [0.05, 0.1) is 17.7 Å². The van der Waals surface area contributed by atoms with Crippen molar-refractivity contribution in [2.24, 2.45) is 0 Å². The van der Waals surface area contributed by atoms with E-state index in [1.807, 2.05) is 6.07 Å². The molecule has 0 aliphatic carbocycles. The fourth-order valence-corrected chi connectivity index (χ4v) is 1.60. The highest BCUT2D eigenvalue weighted by Gasteiger charge is 2.18. The van der Waals surface area contributed by atoms with Crippen molar-refractivity contribution in [2.45, 2.75) is 18.6 Å². The minimum atomic E-state index is -1.15. The zero-order valence-electron chi connectivity index (χ0n) is 8.47. The van der Waals surface area contributed by atoms with E-state index >= 15 is 0 Å². The molecule has 3 N–H and O–H groups in total. The van der Waals surface area contributed by atoms with Crippen LogP contribution in [0.15, 0.2) is 18.2 Å². The van der Waals surface area contributed by atoms with Gasteiger partial charge in [0.2, 0.25) is 0 Å². The molecule has 86 valence electrons. The van der Waals surface area contributed by atoms with E-state index in [0.29, 0.717) is 16.1 Å². The Balaban J connectivity index is 2.95. The number of hydrogen-bond donors (Lipinski definition) is 3. The maximum Gasteiger partial charge on any atom is 0.105 e. The van der Waals surface area contributed by atoms with Crippen molar-refractivity contribution in [1.29, 1.82) is 5.26 Å². The highest BCUT2D eigenvalue weighted by atomic mass is 35.5. The van der Waals surface area contributed by atoms with Crippen LogP contribution < -0.4 is 0 Å². The molecule has 1 aromatic rings. The number of rotatable bonds is 4. The van der Waals surface area contributed by atoms with Crippen molar-refractivity contribution >= 4 is 11.6 Å². The van der Waals surface area contributed by atoms with Crippen LogP contribution in [0.3, 0.4) is 0 Å². The molecule has 0 saturated heterocycles. The van der Waals surface area contributed by atoms with Crippen molar-refractivity contribution in [3.05, 3.63) is 34.3 Å². The summed E-state index contributed by atoms with van der Waals surface area (Å²) in [6.45, 7) is -0.218. The monoisotopic (exact) mass is 241 g/mol. The predicted octanol–water partition coefficient (Wildman–Crippen LogP) is 0.988. The highest BCUT2D eigenvalue weighted by Crippen LogP contribution is 2.23. The van der Waals surface area contributed by atoms with Gasteiger partial charge >= 0.3 is 0 Å². The molecule has 0 bridgehead atoms. The second kappa shape index (κ2) is 5.83. The lowest BCUT2D eigenvalue weighted by Gasteiger charge is -2.17. The van der Waals surface area contributed by atoms with Crippen LogP contribution in [-0.2, 0) is 0 Å². The normalized spacial score (nSPS) is 14.2. The average molecular weight is 242 g/mol. The number of nitrogens with zero attached hydrogens (tertiary/aromatic N) is 1. The van der Waals surface area contributed by atoms with Gasteiger partial charge in [-0.15, -0.1) is 0 Å². The molecule has 5 heteroatoms. The zero-order chi connectivity index (χ0) is 12.1. The molecule has 0 aliphatic heterocycles. The number of benzene rings is 1. The summed E-state index contributed by atoms with van der Waals surface area (Å²) in [5, 5.41) is 36.9. The molecule has 0 radical (unpaired) electrons. The van der Waals surface area contributed by atoms with Crippen LogP contribution in [0, 0.1) is 11.3 Å². The van der Waals surface area contributed by atoms with E-state index in [-0.39, 0.29) is 13.0 Å². The maximum atomic E-state index is 9.74. The van der Waals surface area contributed by atoms with Crippen molar-refractivity contribution in [2.75, 3.05) is 6.61 Å². The SMILES string of the molecule is N#Cc1cc(Cl)cc(C(O)C(O)CCO)c1. The predicted molar refractivity (Wildman–Crippen MR) is 58.8 cm³/mol. The van der Waals surface area contributed by atoms with E-state index < -0.39 is 12.2 Å². The van der Waals surface area contributed by atoms with Gasteiger partial charge in [0.1, 0.15) is 6.10 Å². The lowest BCUT2D eigenvalue weighted by molar-refractivity contribution is 0.00421. The van der Waals surface area contributed by atoms with Gasteiger partial charge in [0.15, 0.2) is 0 Å². The standard InChI is InChI=1S/C11H12ClNO3/c12-9-4-7(6-13)3-8(5-9)11(16)10(15)1-2-14/h3-5,10-11,14-16H,1-2H2. The quantitative estimate of drug-likeness (QED) is 0.734. The molecule has 2 atom stereocenters. The molecule has 1 aromatic carbocycles. The summed E-state index contributed by atoms with van der Waals surface area (Å²) in [5.41, 5.74) is 0.683. The summed E-state index contributed by atoms with van der Waals surface area (Å²) >= 11 is 5.76. The summed E-state index contributed by atoms with van der Waals surface area (Å²) in [5.74, 6) is 0. The van der Waals surface area contributed by atoms with Gasteiger partial charge in [-0.25, -0.2) is 0 Å². The first kappa shape index (κ1) is 12.9. The van der Waals surface area contributed by atoms with Gasteiger partial charge in [-0.1, -0.05) is 11.6 Å². The number of halogens is 1. The summed E-state index contributed by atoms with van der Waals surface area (Å²) < 4.78 is 0. The third-order valence-electron chi connectivity index (χ3n) is 2.18. The first-order chi connectivity index (χ1) is 7.58. The molecule has 0 heterocycles. The van der Waals surface area contributed by atoms with Crippen LogP contribution >= 0.6 is 11.6 Å². The lowest BCUT2D eigenvalue weighted by Crippen LogP contribution is -2.19. The van der Waals surface area contributed by atoms with E-state index in [0.717, 1.165) is 0 Å². The third-order valence-corrected chi connectivity index (χ3v) is 2.40. The van der Waals surface area contributed by atoms with Crippen LogP contribution in [-0.4, -0.2) is 28.0 Å². The van der Waals surface area contributed by atoms with Crippen LogP contribution in [0.25, 0.3) is 0 Å². The smallest absolute Gasteiger partial charge is 0.105 e. The second-order valence-electron chi connectivity index (χ2n) is 3.41. The Bertz CT molecular complexity index is 403. The second-order valence-corrected chi connectivity index (χ2v) is 3.85. The van der Waals surface area contributed by atoms with Crippen molar-refractivity contribution in [3.63, 3.8) is 0 Å². The molecule has 1 rings (SSSR count). The fourth-order valence-electron chi connectivity index (χ4n) is 1.36. The topological polar surface area (TPSA) is 84.5 Å². The van der Waals surface area contributed by atoms with Gasteiger partial charge in [-0.3, -0.25) is 0 Å². The number of aliphatic hydroxyl groups is 3.